The third kappa shape index (κ3) is 50.2. The smallest absolute Gasteiger partial charge is 0.341 e. The number of nitrogens with zero attached hydrogens (tertiary/aromatic N) is 5. The van der Waals surface area contributed by atoms with Crippen LogP contribution in [0.5, 0.6) is 11.5 Å². The van der Waals surface area contributed by atoms with Crippen molar-refractivity contribution in [1.82, 2.24) is 30.9 Å². The highest BCUT2D eigenvalue weighted by Gasteiger charge is 2.26. The Morgan fingerprint density at radius 3 is 1.19 bits per heavy atom. The van der Waals surface area contributed by atoms with E-state index in [0.29, 0.717) is 24.6 Å². The molecule has 113 heavy (non-hydrogen) atoms. The number of hydrogen-bond acceptors (Lipinski definition) is 10. The summed E-state index contributed by atoms with van der Waals surface area (Å²) >= 11 is 9.53. The number of anilines is 1. The van der Waals surface area contributed by atoms with Gasteiger partial charge in [0.15, 0.2) is 13.2 Å². The Morgan fingerprint density at radius 1 is 0.496 bits per heavy atom. The Hall–Kier alpha value is -6.95. The van der Waals surface area contributed by atoms with E-state index in [2.05, 4.69) is 74.7 Å². The number of para-hydroxylation sites is 2. The predicted octanol–water partition coefficient (Wildman–Crippen LogP) is 25.8. The number of aromatic nitrogens is 3. The van der Waals surface area contributed by atoms with E-state index in [-0.39, 0.29) is 66.6 Å². The Balaban J connectivity index is 0.000000781. The maximum absolute atomic E-state index is 13.0. The lowest BCUT2D eigenvalue weighted by molar-refractivity contribution is -0.139. The van der Waals surface area contributed by atoms with E-state index in [1.54, 1.807) is 18.5 Å². The largest absolute Gasteiger partial charge is 0.484 e. The second-order valence-electron chi connectivity index (χ2n) is 30.2. The van der Waals surface area contributed by atoms with Gasteiger partial charge in [-0.25, -0.2) is 4.79 Å². The molecule has 0 saturated carbocycles. The molecule has 3 amide bonds. The Labute approximate surface area is 697 Å². The minimum absolute atomic E-state index is 0. The number of unbranched alkanes of at least 4 members (excludes halogenated alkanes) is 35. The van der Waals surface area contributed by atoms with Crippen molar-refractivity contribution in [3.05, 3.63) is 120 Å². The third-order valence-electron chi connectivity index (χ3n) is 20.6. The molecule has 0 aliphatic heterocycles. The molecule has 7 aromatic rings. The van der Waals surface area contributed by atoms with Crippen molar-refractivity contribution in [1.29, 1.82) is 0 Å². The summed E-state index contributed by atoms with van der Waals surface area (Å²) in [6.45, 7) is 16.6. The van der Waals surface area contributed by atoms with Gasteiger partial charge in [-0.3, -0.25) is 19.4 Å². The lowest BCUT2D eigenvalue weighted by Gasteiger charge is -2.23. The number of hydrogen-bond donors (Lipinski definition) is 7. The van der Waals surface area contributed by atoms with Crippen molar-refractivity contribution >= 4 is 109 Å². The fraction of sp³-hybridized carbons (Fsp3) is 0.641. The topological polar surface area (TPSA) is 266 Å². The van der Waals surface area contributed by atoms with Crippen LogP contribution in [-0.4, -0.2) is 108 Å². The van der Waals surface area contributed by atoms with Gasteiger partial charge in [-0.1, -0.05) is 328 Å². The average molecular weight is 1630 g/mol. The minimum atomic E-state index is -0.980. The normalized spacial score (nSPS) is 11.7. The maximum atomic E-state index is 13.0. The Bertz CT molecular complexity index is 3530. The first-order valence-electron chi connectivity index (χ1n) is 43.3. The molecule has 0 radical (unpaired) electrons. The van der Waals surface area contributed by atoms with Crippen LogP contribution in [0.25, 0.3) is 54.1 Å². The molecular weight excluding hydrogens is 1480 g/mol. The third-order valence-corrected chi connectivity index (χ3v) is 20.6. The van der Waals surface area contributed by atoms with Crippen molar-refractivity contribution in [2.45, 2.75) is 317 Å². The highest BCUT2D eigenvalue weighted by Crippen LogP contribution is 2.30. The summed E-state index contributed by atoms with van der Waals surface area (Å²) in [5.41, 5.74) is 19.1. The molecule has 21 heteroatoms. The first kappa shape index (κ1) is 104. The number of carboxylic acids is 1. The van der Waals surface area contributed by atoms with Crippen LogP contribution in [0.2, 0.25) is 0 Å². The van der Waals surface area contributed by atoms with Crippen LogP contribution in [0, 0.1) is 11.8 Å². The summed E-state index contributed by atoms with van der Waals surface area (Å²) in [5.74, 6) is 0.113. The van der Waals surface area contributed by atoms with Gasteiger partial charge in [-0.2, -0.15) is 0 Å². The number of nitrogens with one attached hydrogen (secondary N) is 5. The number of carbonyl (C=O) groups excluding carboxylic acids is 3. The Kier molecular flexibility index (Phi) is 64.9. The average Bonchev–Trinajstić information content (AvgIpc) is 1.65. The summed E-state index contributed by atoms with van der Waals surface area (Å²) in [7, 11) is 4.02. The van der Waals surface area contributed by atoms with Crippen molar-refractivity contribution in [3.8, 4) is 11.5 Å². The molecule has 0 fully saturated rings. The quantitative estimate of drug-likeness (QED) is 0.00623. The van der Waals surface area contributed by atoms with Gasteiger partial charge in [0.2, 0.25) is 11.8 Å². The number of pyridine rings is 1. The van der Waals surface area contributed by atoms with Gasteiger partial charge >= 0.3 is 5.97 Å². The fourth-order valence-corrected chi connectivity index (χ4v) is 13.2. The van der Waals surface area contributed by atoms with E-state index >= 15 is 0 Å². The predicted molar refractivity (Wildman–Crippen MR) is 484 cm³/mol. The molecule has 0 saturated heterocycles. The second-order valence-corrected chi connectivity index (χ2v) is 31.0. The highest BCUT2D eigenvalue weighted by atomic mass is 35.5. The molecule has 4 atom stereocenters. The summed E-state index contributed by atoms with van der Waals surface area (Å²) in [5, 5.41) is 25.7. The first-order valence-corrected chi connectivity index (χ1v) is 44.4. The molecule has 3 heterocycles. The number of ether oxygens (including phenoxy) is 2. The molecular formula is C92H150Cl3N11O7. The van der Waals surface area contributed by atoms with E-state index in [0.717, 1.165) is 88.7 Å². The van der Waals surface area contributed by atoms with Gasteiger partial charge in [0.05, 0.1) is 22.4 Å². The summed E-state index contributed by atoms with van der Waals surface area (Å²) in [4.78, 5) is 63.4. The molecule has 0 aliphatic carbocycles. The number of aromatic amines is 2. The van der Waals surface area contributed by atoms with E-state index in [1.807, 2.05) is 125 Å². The lowest BCUT2D eigenvalue weighted by Crippen LogP contribution is -2.51. The van der Waals surface area contributed by atoms with Crippen LogP contribution in [-0.2, 0) is 19.2 Å². The summed E-state index contributed by atoms with van der Waals surface area (Å²) < 4.78 is 11.0. The number of aliphatic carboxylic acids is 1. The molecule has 2 unspecified atom stereocenters. The monoisotopic (exact) mass is 1630 g/mol. The zero-order valence-electron chi connectivity index (χ0n) is 71.1. The van der Waals surface area contributed by atoms with Crippen molar-refractivity contribution < 1.29 is 33.8 Å². The molecule has 3 aromatic heterocycles. The van der Waals surface area contributed by atoms with Crippen LogP contribution in [0.15, 0.2) is 115 Å². The number of carboxylic acid groups (broad SMARTS) is 1. The van der Waals surface area contributed by atoms with Crippen LogP contribution >= 0.6 is 35.6 Å². The second kappa shape index (κ2) is 70.5. The minimum Gasteiger partial charge on any atom is -0.484 e. The molecule has 0 spiro atoms. The number of halogens is 3. The highest BCUT2D eigenvalue weighted by molar-refractivity contribution is 6.40. The van der Waals surface area contributed by atoms with Crippen LogP contribution in [0.4, 0.5) is 5.69 Å². The van der Waals surface area contributed by atoms with E-state index in [1.165, 1.54) is 224 Å². The first-order chi connectivity index (χ1) is 54.5. The van der Waals surface area contributed by atoms with Gasteiger partial charge < -0.3 is 51.1 Å². The van der Waals surface area contributed by atoms with Gasteiger partial charge in [-0.05, 0) is 85.2 Å². The van der Waals surface area contributed by atoms with Gasteiger partial charge in [0.25, 0.3) is 5.91 Å². The van der Waals surface area contributed by atoms with Crippen LogP contribution < -0.4 is 36.1 Å². The number of benzene rings is 4. The molecule has 7 rings (SSSR count). The molecule has 18 nitrogen and oxygen atoms in total. The number of amides is 3. The van der Waals surface area contributed by atoms with Crippen molar-refractivity contribution in [2.75, 3.05) is 57.2 Å². The fourth-order valence-electron chi connectivity index (χ4n) is 13.2. The number of carbonyl (C=O) groups is 4. The standard InChI is InChI=1S/C38H59N3O3.C24H50N2O.C14H11NO3.C8H17N3.C7H10N2.CH2Cl2.ClH/c1-4-6-7-8-9-10-11-12-13-14-15-16-17-18-19-22-27-39-38(43)37(30(3)5-2)41-36(42)29-44-31-25-26-33-32-23-20-21-24-34(32)40-35(33)28-31;1-4-6-7-8-9-10-11-12-13-14-15-16-17-18-19-20-21-26-24(27)23(25)22(3)5-2;16-14(17)8-18-9-5-6-11-10-3-1-2-4-12(10)15-13(11)7-9;1-2-3-4-5-6-7-8-10-11-9;1-9(2)7-3-5-8-6-4-7;2-1-3;/h20-21,23-26,28,30,37,40H,4-19,22,27,29H2,1-3H3,(H,39,43)(H,41,42);22-23H,4-21,25H2,1-3H3,(H,26,27);1-7,15H,8H2,(H,16,17);2-8H2,1H3;3-6H,1-2H3;1H2;1H/t30?,37-;22?,23-;;;;;/m11...../s1. The molecule has 0 aliphatic rings. The molecule has 8 N–H and O–H groups in total. The SMILES string of the molecule is CCCCCCCCCCCCCCCCCCNC(=O)[C@H](N)C(C)CC.CCCCCCCCCCCCCCCCCCNC(=O)[C@H](NC(=O)COc1ccc2c(c1)[nH]c1ccccc12)C(C)CC.CCCCCCCCN=[N+]=[N-].CN(C)c1ccncc1.Cl.ClCCl.O=C(O)COc1ccc2c(c1)[nH]c1ccccc12. The number of fused-ring (bicyclic) bond motifs is 6. The molecule has 4 aromatic carbocycles. The zero-order valence-corrected chi connectivity index (χ0v) is 73.4. The number of H-pyrrole nitrogens is 2. The van der Waals surface area contributed by atoms with Crippen LogP contribution in [0.1, 0.15) is 305 Å². The maximum Gasteiger partial charge on any atom is 0.341 e. The van der Waals surface area contributed by atoms with Crippen molar-refractivity contribution in [2.24, 2.45) is 22.7 Å². The number of rotatable bonds is 55. The number of alkyl halides is 2. The van der Waals surface area contributed by atoms with Gasteiger partial charge in [0, 0.05) is 101 Å². The lowest BCUT2D eigenvalue weighted by atomic mass is 9.98. The molecule has 0 bridgehead atoms. The summed E-state index contributed by atoms with van der Waals surface area (Å²) in [6.07, 6.45) is 56.1. The Morgan fingerprint density at radius 2 is 0.841 bits per heavy atom. The van der Waals surface area contributed by atoms with Crippen LogP contribution in [0.3, 0.4) is 0 Å². The van der Waals surface area contributed by atoms with Crippen molar-refractivity contribution in [3.63, 3.8) is 0 Å². The summed E-state index contributed by atoms with van der Waals surface area (Å²) in [6, 6.07) is 30.6. The van der Waals surface area contributed by atoms with Gasteiger partial charge in [0.1, 0.15) is 17.5 Å². The molecule has 636 valence electrons. The zero-order chi connectivity index (χ0) is 81.9. The van der Waals surface area contributed by atoms with E-state index in [9.17, 15) is 19.2 Å². The van der Waals surface area contributed by atoms with E-state index < -0.39 is 12.0 Å². The number of azide groups is 1. The van der Waals surface area contributed by atoms with Gasteiger partial charge in [-0.15, -0.1) is 35.6 Å². The van der Waals surface area contributed by atoms with E-state index in [4.69, 9.17) is 49.0 Å². The number of nitrogens with two attached hydrogens (primary N) is 1.